The molecule has 0 radical (unpaired) electrons. The van der Waals surface area contributed by atoms with E-state index in [1.807, 2.05) is 0 Å². The number of hydrogen-bond acceptors (Lipinski definition) is 2. The number of rotatable bonds is 8. The van der Waals surface area contributed by atoms with Gasteiger partial charge in [-0.05, 0) is 145 Å². The van der Waals surface area contributed by atoms with Crippen molar-refractivity contribution in [3.63, 3.8) is 0 Å². The molecule has 0 saturated heterocycles. The van der Waals surface area contributed by atoms with Gasteiger partial charge < -0.3 is 9.97 Å². The highest BCUT2D eigenvalue weighted by Gasteiger charge is 2.40. The van der Waals surface area contributed by atoms with Gasteiger partial charge in [-0.3, -0.25) is 0 Å². The van der Waals surface area contributed by atoms with Crippen molar-refractivity contribution < 1.29 is 0 Å². The Morgan fingerprint density at radius 1 is 0.583 bits per heavy atom. The zero-order valence-corrected chi connectivity index (χ0v) is 29.7. The summed E-state index contributed by atoms with van der Waals surface area (Å²) in [5, 5.41) is 0. The number of allylic oxidation sites excluding steroid dienone is 4. The van der Waals surface area contributed by atoms with E-state index in [9.17, 15) is 0 Å². The highest BCUT2D eigenvalue weighted by atomic mass is 14.8. The van der Waals surface area contributed by atoms with Gasteiger partial charge in [0.2, 0.25) is 0 Å². The summed E-state index contributed by atoms with van der Waals surface area (Å²) in [4.78, 5) is 18.8. The summed E-state index contributed by atoms with van der Waals surface area (Å²) in [5.74, 6) is 0.812. The molecule has 5 aliphatic rings. The van der Waals surface area contributed by atoms with Crippen molar-refractivity contribution in [3.8, 4) is 0 Å². The van der Waals surface area contributed by atoms with E-state index in [0.29, 0.717) is 11.8 Å². The molecule has 4 heteroatoms. The van der Waals surface area contributed by atoms with Crippen LogP contribution in [-0.2, 0) is 12.8 Å². The Hall–Kier alpha value is -4.18. The van der Waals surface area contributed by atoms with Gasteiger partial charge in [0.15, 0.2) is 0 Å². The number of H-pyrrole nitrogens is 2. The molecule has 3 aliphatic carbocycles. The molecule has 0 amide bonds. The van der Waals surface area contributed by atoms with Crippen molar-refractivity contribution in [2.75, 3.05) is 0 Å². The van der Waals surface area contributed by atoms with Crippen molar-refractivity contribution >= 4 is 44.4 Å². The van der Waals surface area contributed by atoms with Crippen LogP contribution in [0.3, 0.4) is 0 Å². The molecule has 1 aromatic carbocycles. The highest BCUT2D eigenvalue weighted by molar-refractivity contribution is 5.95. The van der Waals surface area contributed by atoms with Crippen LogP contribution in [0.1, 0.15) is 161 Å². The maximum atomic E-state index is 5.44. The molecule has 0 saturated carbocycles. The Balaban J connectivity index is 1.51. The van der Waals surface area contributed by atoms with Crippen molar-refractivity contribution in [2.24, 2.45) is 0 Å². The number of hydrogen-bond donors (Lipinski definition) is 2. The molecule has 3 aromatic heterocycles. The number of unbranched alkanes of at least 4 members (excludes halogenated alkanes) is 2. The van der Waals surface area contributed by atoms with E-state index < -0.39 is 0 Å². The first-order chi connectivity index (χ1) is 23.4. The second-order valence-electron chi connectivity index (χ2n) is 14.5. The Morgan fingerprint density at radius 3 is 1.42 bits per heavy atom. The molecule has 0 spiro atoms. The van der Waals surface area contributed by atoms with Crippen LogP contribution in [0, 0.1) is 0 Å². The third kappa shape index (κ3) is 4.85. The summed E-state index contributed by atoms with van der Waals surface area (Å²) in [6.07, 6.45) is 11.1. The highest BCUT2D eigenvalue weighted by Crippen LogP contribution is 2.55. The van der Waals surface area contributed by atoms with Gasteiger partial charge in [0.25, 0.3) is 0 Å². The molecule has 2 N–H and O–H groups in total. The molecule has 10 bridgehead atoms. The number of nitrogens with zero attached hydrogens (tertiary/aromatic N) is 2. The largest absolute Gasteiger partial charge is 0.355 e. The Morgan fingerprint density at radius 2 is 1.00 bits per heavy atom. The maximum Gasteiger partial charge on any atom is 0.0693 e. The van der Waals surface area contributed by atoms with Crippen LogP contribution in [0.2, 0.25) is 0 Å². The standard InChI is InChI=1S/C44H50N4/c1-7-11-15-29-25(5)35-21-37-27(9-3)28(10-4)38(47-37)22-36-26(6)30(16-12-8-2)40(46-36)24-42-44-34-20-19-33(31-17-13-14-18-32(31)34)43(44)41(48-42)23-39(29)45-35/h13-14,17-18,21-24,33-34,47-48H,7-12,15-16,19-20H2,1-6H3. The second kappa shape index (κ2) is 12.4. The van der Waals surface area contributed by atoms with Crippen molar-refractivity contribution in [2.45, 2.75) is 118 Å². The van der Waals surface area contributed by atoms with Crippen LogP contribution >= 0.6 is 0 Å². The molecule has 48 heavy (non-hydrogen) atoms. The molecule has 4 aromatic rings. The van der Waals surface area contributed by atoms with Gasteiger partial charge in [-0.1, -0.05) is 64.8 Å². The lowest BCUT2D eigenvalue weighted by molar-refractivity contribution is 0.528. The number of benzene rings is 1. The van der Waals surface area contributed by atoms with Crippen LogP contribution in [0.4, 0.5) is 0 Å². The zero-order valence-electron chi connectivity index (χ0n) is 29.7. The smallest absolute Gasteiger partial charge is 0.0693 e. The summed E-state index contributed by atoms with van der Waals surface area (Å²) >= 11 is 0. The molecule has 4 nitrogen and oxygen atoms in total. The van der Waals surface area contributed by atoms with Gasteiger partial charge >= 0.3 is 0 Å². The molecule has 2 atom stereocenters. The number of fused-ring (bicyclic) bond motifs is 9. The lowest BCUT2D eigenvalue weighted by Gasteiger charge is -2.38. The van der Waals surface area contributed by atoms with E-state index in [1.54, 1.807) is 0 Å². The predicted octanol–water partition coefficient (Wildman–Crippen LogP) is 12.1. The molecule has 5 heterocycles. The topological polar surface area (TPSA) is 57.4 Å². The molecule has 0 fully saturated rings. The fourth-order valence-electron chi connectivity index (χ4n) is 9.27. The minimum atomic E-state index is 0.406. The summed E-state index contributed by atoms with van der Waals surface area (Å²) in [6, 6.07) is 18.7. The number of aromatic amines is 2. The third-order valence-corrected chi connectivity index (χ3v) is 11.8. The summed E-state index contributed by atoms with van der Waals surface area (Å²) in [7, 11) is 0. The quantitative estimate of drug-likeness (QED) is 0.203. The fourth-order valence-corrected chi connectivity index (χ4v) is 9.27. The van der Waals surface area contributed by atoms with Crippen LogP contribution < -0.4 is 0 Å². The van der Waals surface area contributed by atoms with Gasteiger partial charge in [0, 0.05) is 33.9 Å². The molecular formula is C44H50N4. The Bertz CT molecular complexity index is 2020. The second-order valence-corrected chi connectivity index (χ2v) is 14.5. The first-order valence-electron chi connectivity index (χ1n) is 18.7. The van der Waals surface area contributed by atoms with E-state index in [2.05, 4.69) is 100 Å². The fraction of sp³-hybridized carbons (Fsp3) is 0.409. The van der Waals surface area contributed by atoms with Crippen molar-refractivity contribution in [3.05, 3.63) is 105 Å². The minimum Gasteiger partial charge on any atom is -0.355 e. The lowest BCUT2D eigenvalue weighted by Crippen LogP contribution is -2.23. The SMILES string of the molecule is CCCCC1=C(C)c2cc3[nH]c(cc4nc(cc5[nH]c(cc1n2)c1c5C2CCC1c1ccccc12)C(CCCC)=C4C)c(CC)c3CC. The van der Waals surface area contributed by atoms with E-state index in [0.717, 1.165) is 48.5 Å². The molecule has 9 rings (SSSR count). The lowest BCUT2D eigenvalue weighted by atomic mass is 9.64. The molecule has 2 aliphatic heterocycles. The summed E-state index contributed by atoms with van der Waals surface area (Å²) in [5.41, 5.74) is 23.6. The monoisotopic (exact) mass is 634 g/mol. The average Bonchev–Trinajstić information content (AvgIpc) is 3.81. The predicted molar refractivity (Wildman–Crippen MR) is 203 cm³/mol. The van der Waals surface area contributed by atoms with Gasteiger partial charge in [-0.2, -0.15) is 0 Å². The number of aromatic nitrogens is 4. The molecule has 246 valence electrons. The zero-order chi connectivity index (χ0) is 33.1. The summed E-state index contributed by atoms with van der Waals surface area (Å²) < 4.78 is 0. The van der Waals surface area contributed by atoms with Crippen LogP contribution in [0.5, 0.6) is 0 Å². The maximum absolute atomic E-state index is 5.44. The minimum absolute atomic E-state index is 0.406. The Labute approximate surface area is 285 Å². The van der Waals surface area contributed by atoms with Crippen molar-refractivity contribution in [1.82, 2.24) is 19.9 Å². The summed E-state index contributed by atoms with van der Waals surface area (Å²) in [6.45, 7) is 13.7. The normalized spacial score (nSPS) is 18.1. The number of nitrogens with one attached hydrogen (secondary N) is 2. The van der Waals surface area contributed by atoms with Crippen LogP contribution in [0.15, 0.2) is 48.5 Å². The van der Waals surface area contributed by atoms with E-state index >= 15 is 0 Å². The third-order valence-electron chi connectivity index (χ3n) is 11.8. The molecular weight excluding hydrogens is 585 g/mol. The van der Waals surface area contributed by atoms with E-state index in [-0.39, 0.29) is 0 Å². The van der Waals surface area contributed by atoms with E-state index in [4.69, 9.17) is 9.97 Å². The van der Waals surface area contributed by atoms with Gasteiger partial charge in [0.1, 0.15) is 0 Å². The first kappa shape index (κ1) is 31.1. The van der Waals surface area contributed by atoms with Gasteiger partial charge in [-0.25, -0.2) is 9.97 Å². The Kier molecular flexibility index (Phi) is 8.01. The first-order valence-corrected chi connectivity index (χ1v) is 18.7. The van der Waals surface area contributed by atoms with E-state index in [1.165, 1.54) is 116 Å². The molecule has 2 unspecified atom stereocenters. The van der Waals surface area contributed by atoms with Gasteiger partial charge in [-0.15, -0.1) is 0 Å². The van der Waals surface area contributed by atoms with Crippen LogP contribution in [0.25, 0.3) is 44.4 Å². The van der Waals surface area contributed by atoms with Crippen molar-refractivity contribution in [1.29, 1.82) is 0 Å². The van der Waals surface area contributed by atoms with Gasteiger partial charge in [0.05, 0.1) is 22.8 Å². The average molecular weight is 635 g/mol. The number of aryl methyl sites for hydroxylation is 2. The van der Waals surface area contributed by atoms with Crippen LogP contribution in [-0.4, -0.2) is 19.9 Å².